The van der Waals surface area contributed by atoms with Crippen molar-refractivity contribution in [2.24, 2.45) is 5.73 Å². The highest BCUT2D eigenvalue weighted by Gasteiger charge is 2.29. The lowest BCUT2D eigenvalue weighted by Gasteiger charge is -2.35. The van der Waals surface area contributed by atoms with Crippen molar-refractivity contribution in [3.63, 3.8) is 0 Å². The van der Waals surface area contributed by atoms with Gasteiger partial charge < -0.3 is 5.73 Å². The Kier molecular flexibility index (Phi) is 1.69. The SMILES string of the molecule is CC1c2ccc(CN)cc2C1C. The quantitative estimate of drug-likeness (QED) is 0.672. The van der Waals surface area contributed by atoms with Crippen LogP contribution in [0.15, 0.2) is 18.2 Å². The molecule has 2 atom stereocenters. The minimum absolute atomic E-state index is 0.661. The van der Waals surface area contributed by atoms with Gasteiger partial charge in [0.2, 0.25) is 0 Å². The van der Waals surface area contributed by atoms with Gasteiger partial charge in [0.05, 0.1) is 0 Å². The van der Waals surface area contributed by atoms with Crippen molar-refractivity contribution in [2.45, 2.75) is 32.2 Å². The molecule has 0 amide bonds. The topological polar surface area (TPSA) is 26.0 Å². The van der Waals surface area contributed by atoms with E-state index in [-0.39, 0.29) is 0 Å². The smallest absolute Gasteiger partial charge is 0.0178 e. The van der Waals surface area contributed by atoms with Crippen molar-refractivity contribution in [2.75, 3.05) is 0 Å². The molecule has 0 aliphatic heterocycles. The second-order valence-electron chi connectivity index (χ2n) is 3.74. The van der Waals surface area contributed by atoms with Crippen molar-refractivity contribution < 1.29 is 0 Å². The van der Waals surface area contributed by atoms with Gasteiger partial charge in [0.15, 0.2) is 0 Å². The third-order valence-corrected chi connectivity index (χ3v) is 3.12. The largest absolute Gasteiger partial charge is 0.326 e. The summed E-state index contributed by atoms with van der Waals surface area (Å²) in [6.07, 6.45) is 0. The van der Waals surface area contributed by atoms with Gasteiger partial charge in [-0.3, -0.25) is 0 Å². The predicted octanol–water partition coefficient (Wildman–Crippen LogP) is 2.37. The molecule has 2 rings (SSSR count). The minimum atomic E-state index is 0.661. The summed E-state index contributed by atoms with van der Waals surface area (Å²) in [7, 11) is 0. The summed E-state index contributed by atoms with van der Waals surface area (Å²) in [5.41, 5.74) is 9.85. The molecule has 0 aromatic heterocycles. The van der Waals surface area contributed by atoms with E-state index in [1.54, 1.807) is 0 Å². The van der Waals surface area contributed by atoms with Gasteiger partial charge in [-0.2, -0.15) is 0 Å². The summed E-state index contributed by atoms with van der Waals surface area (Å²) in [6.45, 7) is 5.23. The van der Waals surface area contributed by atoms with E-state index in [9.17, 15) is 0 Å². The fraction of sp³-hybridized carbons (Fsp3) is 0.455. The minimum Gasteiger partial charge on any atom is -0.326 e. The normalized spacial score (nSPS) is 26.2. The Bertz CT molecular complexity index is 304. The number of benzene rings is 1. The number of nitrogens with two attached hydrogens (primary N) is 1. The van der Waals surface area contributed by atoms with Crippen molar-refractivity contribution in [1.82, 2.24) is 0 Å². The van der Waals surface area contributed by atoms with Gasteiger partial charge in [-0.15, -0.1) is 0 Å². The summed E-state index contributed by atoms with van der Waals surface area (Å²) >= 11 is 0. The molecule has 12 heavy (non-hydrogen) atoms. The summed E-state index contributed by atoms with van der Waals surface area (Å²) in [5.74, 6) is 1.47. The number of rotatable bonds is 1. The Balaban J connectivity index is 2.41. The van der Waals surface area contributed by atoms with Crippen LogP contribution in [0.2, 0.25) is 0 Å². The molecule has 0 saturated heterocycles. The van der Waals surface area contributed by atoms with E-state index in [1.807, 2.05) is 0 Å². The zero-order chi connectivity index (χ0) is 8.72. The van der Waals surface area contributed by atoms with E-state index < -0.39 is 0 Å². The highest BCUT2D eigenvalue weighted by atomic mass is 14.5. The van der Waals surface area contributed by atoms with Crippen LogP contribution < -0.4 is 5.73 Å². The van der Waals surface area contributed by atoms with Crippen molar-refractivity contribution in [3.05, 3.63) is 34.9 Å². The fourth-order valence-electron chi connectivity index (χ4n) is 2.00. The van der Waals surface area contributed by atoms with Crippen LogP contribution in [0.4, 0.5) is 0 Å². The fourth-order valence-corrected chi connectivity index (χ4v) is 2.00. The third-order valence-electron chi connectivity index (χ3n) is 3.12. The molecule has 0 spiro atoms. The lowest BCUT2D eigenvalue weighted by atomic mass is 9.69. The molecule has 64 valence electrons. The van der Waals surface area contributed by atoms with Gasteiger partial charge in [-0.1, -0.05) is 32.0 Å². The van der Waals surface area contributed by atoms with Crippen molar-refractivity contribution in [3.8, 4) is 0 Å². The van der Waals surface area contributed by atoms with E-state index in [1.165, 1.54) is 16.7 Å². The maximum Gasteiger partial charge on any atom is 0.0178 e. The van der Waals surface area contributed by atoms with Gasteiger partial charge in [-0.25, -0.2) is 0 Å². The van der Waals surface area contributed by atoms with E-state index in [4.69, 9.17) is 5.73 Å². The Morgan fingerprint density at radius 2 is 1.83 bits per heavy atom. The number of hydrogen-bond donors (Lipinski definition) is 1. The molecule has 1 aromatic carbocycles. The molecule has 1 aliphatic carbocycles. The zero-order valence-corrected chi connectivity index (χ0v) is 7.67. The van der Waals surface area contributed by atoms with Gasteiger partial charge in [0.1, 0.15) is 0 Å². The summed E-state index contributed by atoms with van der Waals surface area (Å²) in [6, 6.07) is 6.61. The van der Waals surface area contributed by atoms with Crippen LogP contribution in [0, 0.1) is 0 Å². The molecule has 1 aromatic rings. The number of fused-ring (bicyclic) bond motifs is 1. The summed E-state index contributed by atoms with van der Waals surface area (Å²) in [5, 5.41) is 0. The molecule has 1 aliphatic rings. The first-order valence-electron chi connectivity index (χ1n) is 4.57. The van der Waals surface area contributed by atoms with Crippen LogP contribution in [-0.4, -0.2) is 0 Å². The lowest BCUT2D eigenvalue weighted by Crippen LogP contribution is -2.19. The lowest BCUT2D eigenvalue weighted by molar-refractivity contribution is 0.541. The molecule has 0 fully saturated rings. The third kappa shape index (κ3) is 0.896. The molecule has 0 radical (unpaired) electrons. The summed E-state index contributed by atoms with van der Waals surface area (Å²) < 4.78 is 0. The standard InChI is InChI=1S/C11H15N/c1-7-8(2)11-5-9(6-12)3-4-10(7)11/h3-5,7-8H,6,12H2,1-2H3. The van der Waals surface area contributed by atoms with Crippen LogP contribution in [0.1, 0.15) is 42.4 Å². The van der Waals surface area contributed by atoms with Gasteiger partial charge in [0, 0.05) is 6.54 Å². The maximum absolute atomic E-state index is 5.57. The van der Waals surface area contributed by atoms with Crippen molar-refractivity contribution >= 4 is 0 Å². The van der Waals surface area contributed by atoms with Crippen LogP contribution in [0.5, 0.6) is 0 Å². The van der Waals surface area contributed by atoms with Gasteiger partial charge >= 0.3 is 0 Å². The predicted molar refractivity (Wildman–Crippen MR) is 51.2 cm³/mol. The maximum atomic E-state index is 5.57. The molecular formula is C11H15N. The molecule has 2 N–H and O–H groups in total. The van der Waals surface area contributed by atoms with Crippen LogP contribution >= 0.6 is 0 Å². The Morgan fingerprint density at radius 1 is 1.17 bits per heavy atom. The van der Waals surface area contributed by atoms with Gasteiger partial charge in [-0.05, 0) is 28.5 Å². The van der Waals surface area contributed by atoms with E-state index >= 15 is 0 Å². The van der Waals surface area contributed by atoms with Crippen LogP contribution in [0.3, 0.4) is 0 Å². The average Bonchev–Trinajstić information content (AvgIpc) is 2.15. The first kappa shape index (κ1) is 7.81. The molecule has 1 heteroatoms. The second-order valence-corrected chi connectivity index (χ2v) is 3.74. The van der Waals surface area contributed by atoms with E-state index in [0.29, 0.717) is 6.54 Å². The van der Waals surface area contributed by atoms with Gasteiger partial charge in [0.25, 0.3) is 0 Å². The molecular weight excluding hydrogens is 146 g/mol. The Hall–Kier alpha value is -0.820. The second kappa shape index (κ2) is 2.60. The zero-order valence-electron chi connectivity index (χ0n) is 7.67. The first-order valence-corrected chi connectivity index (χ1v) is 4.57. The Labute approximate surface area is 73.6 Å². The molecule has 1 nitrogen and oxygen atoms in total. The van der Waals surface area contributed by atoms with Crippen LogP contribution in [-0.2, 0) is 6.54 Å². The highest BCUT2D eigenvalue weighted by Crippen LogP contribution is 2.45. The summed E-state index contributed by atoms with van der Waals surface area (Å²) in [4.78, 5) is 0. The van der Waals surface area contributed by atoms with Crippen molar-refractivity contribution in [1.29, 1.82) is 0 Å². The average molecular weight is 161 g/mol. The van der Waals surface area contributed by atoms with E-state index in [2.05, 4.69) is 32.0 Å². The monoisotopic (exact) mass is 161 g/mol. The van der Waals surface area contributed by atoms with E-state index in [0.717, 1.165) is 11.8 Å². The Morgan fingerprint density at radius 3 is 2.50 bits per heavy atom. The highest BCUT2D eigenvalue weighted by molar-refractivity contribution is 5.45. The molecule has 0 bridgehead atoms. The van der Waals surface area contributed by atoms with Crippen LogP contribution in [0.25, 0.3) is 0 Å². The number of hydrogen-bond acceptors (Lipinski definition) is 1. The molecule has 0 saturated carbocycles. The molecule has 0 heterocycles. The first-order chi connectivity index (χ1) is 5.74. The molecule has 2 unspecified atom stereocenters.